The highest BCUT2D eigenvalue weighted by molar-refractivity contribution is 5.82. The van der Waals surface area contributed by atoms with E-state index >= 15 is 0 Å². The molecule has 0 saturated heterocycles. The fourth-order valence-electron chi connectivity index (χ4n) is 2.07. The molecule has 1 rings (SSSR count). The number of aryl methyl sites for hydroxylation is 2. The van der Waals surface area contributed by atoms with Gasteiger partial charge in [0.25, 0.3) is 0 Å². The zero-order chi connectivity index (χ0) is 17.1. The largest absolute Gasteiger partial charge is 0.491 e. The number of allylic oxidation sites excluding steroid dienone is 1. The molecule has 1 aromatic carbocycles. The average molecular weight is 321 g/mol. The van der Waals surface area contributed by atoms with Gasteiger partial charge in [-0.3, -0.25) is 0 Å². The molecule has 0 aliphatic rings. The Balaban J connectivity index is 2.46. The molecule has 0 aliphatic carbocycles. The Morgan fingerprint density at radius 1 is 1.13 bits per heavy atom. The first kappa shape index (κ1) is 19.0. The predicted molar refractivity (Wildman–Crippen MR) is 92.7 cm³/mol. The van der Waals surface area contributed by atoms with Crippen molar-refractivity contribution in [3.63, 3.8) is 0 Å². The summed E-state index contributed by atoms with van der Waals surface area (Å²) in [5.74, 6) is 1.74. The van der Waals surface area contributed by atoms with E-state index in [9.17, 15) is 0 Å². The molecule has 0 amide bonds. The van der Waals surface area contributed by atoms with Gasteiger partial charge in [0.15, 0.2) is 0 Å². The maximum Gasteiger partial charge on any atom is 0.125 e. The Kier molecular flexibility index (Phi) is 8.83. The molecule has 23 heavy (non-hydrogen) atoms. The summed E-state index contributed by atoms with van der Waals surface area (Å²) in [6.07, 6.45) is 3.94. The first-order valence-corrected chi connectivity index (χ1v) is 7.70. The summed E-state index contributed by atoms with van der Waals surface area (Å²) in [6, 6.07) is 3.98. The predicted octanol–water partition coefficient (Wildman–Crippen LogP) is 3.68. The summed E-state index contributed by atoms with van der Waals surface area (Å²) in [5.41, 5.74) is 2.90. The number of ether oxygens (including phenoxy) is 3. The molecule has 0 bridgehead atoms. The van der Waals surface area contributed by atoms with Crippen LogP contribution in [0.25, 0.3) is 0 Å². The van der Waals surface area contributed by atoms with Gasteiger partial charge in [-0.25, -0.2) is 0 Å². The van der Waals surface area contributed by atoms with Gasteiger partial charge < -0.3 is 19.0 Å². The number of hydrogen-bond donors (Lipinski definition) is 0. The molecule has 128 valence electrons. The van der Waals surface area contributed by atoms with Crippen LogP contribution in [0.1, 0.15) is 25.0 Å². The zero-order valence-corrected chi connectivity index (χ0v) is 14.7. The van der Waals surface area contributed by atoms with Gasteiger partial charge >= 0.3 is 0 Å². The Morgan fingerprint density at radius 3 is 2.43 bits per heavy atom. The van der Waals surface area contributed by atoms with Crippen molar-refractivity contribution in [3.8, 4) is 11.5 Å². The van der Waals surface area contributed by atoms with E-state index in [-0.39, 0.29) is 0 Å². The van der Waals surface area contributed by atoms with Gasteiger partial charge in [0.05, 0.1) is 18.9 Å². The van der Waals surface area contributed by atoms with E-state index in [0.717, 1.165) is 28.3 Å². The molecule has 1 aromatic rings. The number of oxime groups is 1. The van der Waals surface area contributed by atoms with Gasteiger partial charge in [-0.2, -0.15) is 0 Å². The standard InChI is InChI=1S/C18H27NO4/c1-6-7-8-22-17-11-14(2)18(15(3)12-17)23-10-9-21-13-16(4)19-20-5/h6-7,11-12H,8-10,13H2,1-5H3/b7-6+,19-16+. The third-order valence-corrected chi connectivity index (χ3v) is 3.05. The molecule has 5 heteroatoms. The number of nitrogens with zero attached hydrogens (tertiary/aromatic N) is 1. The van der Waals surface area contributed by atoms with E-state index in [1.165, 1.54) is 7.11 Å². The molecule has 0 unspecified atom stereocenters. The van der Waals surface area contributed by atoms with Crippen LogP contribution < -0.4 is 9.47 Å². The Morgan fingerprint density at radius 2 is 1.83 bits per heavy atom. The summed E-state index contributed by atoms with van der Waals surface area (Å²) in [5, 5.41) is 3.78. The fourth-order valence-corrected chi connectivity index (χ4v) is 2.07. The zero-order valence-electron chi connectivity index (χ0n) is 14.7. The minimum absolute atomic E-state index is 0.437. The van der Waals surface area contributed by atoms with Crippen LogP contribution in [0.15, 0.2) is 29.4 Å². The van der Waals surface area contributed by atoms with Crippen LogP contribution in [-0.4, -0.2) is 39.2 Å². The molecule has 5 nitrogen and oxygen atoms in total. The third kappa shape index (κ3) is 7.19. The molecule has 0 spiro atoms. The molecule has 0 aromatic heterocycles. The Hall–Kier alpha value is -2.01. The van der Waals surface area contributed by atoms with Crippen molar-refractivity contribution in [2.75, 3.05) is 33.5 Å². The van der Waals surface area contributed by atoms with Crippen molar-refractivity contribution in [3.05, 3.63) is 35.4 Å². The molecule has 0 aliphatic heterocycles. The van der Waals surface area contributed by atoms with Crippen LogP contribution in [0.5, 0.6) is 11.5 Å². The highest BCUT2D eigenvalue weighted by Gasteiger charge is 2.07. The van der Waals surface area contributed by atoms with Crippen molar-refractivity contribution < 1.29 is 19.0 Å². The smallest absolute Gasteiger partial charge is 0.125 e. The second kappa shape index (κ2) is 10.7. The van der Waals surface area contributed by atoms with Gasteiger partial charge in [0, 0.05) is 0 Å². The van der Waals surface area contributed by atoms with Crippen LogP contribution in [0.2, 0.25) is 0 Å². The minimum Gasteiger partial charge on any atom is -0.491 e. The van der Waals surface area contributed by atoms with Crippen LogP contribution in [-0.2, 0) is 9.57 Å². The molecular formula is C18H27NO4. The first-order chi connectivity index (χ1) is 11.1. The highest BCUT2D eigenvalue weighted by atomic mass is 16.6. The quantitative estimate of drug-likeness (QED) is 0.285. The van der Waals surface area contributed by atoms with E-state index < -0.39 is 0 Å². The highest BCUT2D eigenvalue weighted by Crippen LogP contribution is 2.28. The number of hydrogen-bond acceptors (Lipinski definition) is 5. The lowest BCUT2D eigenvalue weighted by Gasteiger charge is -2.14. The second-order valence-corrected chi connectivity index (χ2v) is 5.18. The Labute approximate surface area is 138 Å². The monoisotopic (exact) mass is 321 g/mol. The lowest BCUT2D eigenvalue weighted by atomic mass is 10.1. The van der Waals surface area contributed by atoms with E-state index in [1.807, 2.05) is 52.0 Å². The number of rotatable bonds is 10. The van der Waals surface area contributed by atoms with Gasteiger partial charge in [-0.05, 0) is 51.0 Å². The van der Waals surface area contributed by atoms with Crippen molar-refractivity contribution in [1.29, 1.82) is 0 Å². The molecule has 0 radical (unpaired) electrons. The molecular weight excluding hydrogens is 294 g/mol. The van der Waals surface area contributed by atoms with Crippen molar-refractivity contribution >= 4 is 5.71 Å². The van der Waals surface area contributed by atoms with Crippen molar-refractivity contribution in [1.82, 2.24) is 0 Å². The van der Waals surface area contributed by atoms with E-state index in [0.29, 0.717) is 26.4 Å². The maximum absolute atomic E-state index is 5.82. The molecule has 0 fully saturated rings. The van der Waals surface area contributed by atoms with Crippen molar-refractivity contribution in [2.24, 2.45) is 5.16 Å². The second-order valence-electron chi connectivity index (χ2n) is 5.18. The summed E-state index contributed by atoms with van der Waals surface area (Å²) in [6.45, 7) is 9.85. The summed E-state index contributed by atoms with van der Waals surface area (Å²) < 4.78 is 17.0. The van der Waals surface area contributed by atoms with Crippen LogP contribution in [0.4, 0.5) is 0 Å². The van der Waals surface area contributed by atoms with E-state index in [1.54, 1.807) is 0 Å². The lowest BCUT2D eigenvalue weighted by Crippen LogP contribution is -2.12. The molecule has 0 atom stereocenters. The van der Waals surface area contributed by atoms with Crippen LogP contribution in [0.3, 0.4) is 0 Å². The molecule has 0 saturated carbocycles. The molecule has 0 heterocycles. The topological polar surface area (TPSA) is 49.3 Å². The van der Waals surface area contributed by atoms with E-state index in [4.69, 9.17) is 14.2 Å². The minimum atomic E-state index is 0.437. The normalized spacial score (nSPS) is 11.8. The maximum atomic E-state index is 5.82. The summed E-state index contributed by atoms with van der Waals surface area (Å²) in [4.78, 5) is 4.67. The SMILES string of the molecule is C/C=C/COc1cc(C)c(OCCOC/C(C)=N/OC)c(C)c1. The van der Waals surface area contributed by atoms with E-state index in [2.05, 4.69) is 9.99 Å². The van der Waals surface area contributed by atoms with Gasteiger partial charge in [-0.1, -0.05) is 17.3 Å². The molecule has 0 N–H and O–H groups in total. The first-order valence-electron chi connectivity index (χ1n) is 7.70. The third-order valence-electron chi connectivity index (χ3n) is 3.05. The van der Waals surface area contributed by atoms with Gasteiger partial charge in [0.1, 0.15) is 31.8 Å². The van der Waals surface area contributed by atoms with Crippen LogP contribution in [0, 0.1) is 13.8 Å². The van der Waals surface area contributed by atoms with Crippen LogP contribution >= 0.6 is 0 Å². The van der Waals surface area contributed by atoms with Gasteiger partial charge in [0.2, 0.25) is 0 Å². The number of benzene rings is 1. The summed E-state index contributed by atoms with van der Waals surface area (Å²) >= 11 is 0. The lowest BCUT2D eigenvalue weighted by molar-refractivity contribution is 0.123. The van der Waals surface area contributed by atoms with Crippen molar-refractivity contribution in [2.45, 2.75) is 27.7 Å². The Bertz CT molecular complexity index is 515. The van der Waals surface area contributed by atoms with Gasteiger partial charge in [-0.15, -0.1) is 0 Å². The summed E-state index contributed by atoms with van der Waals surface area (Å²) in [7, 11) is 1.52. The fraction of sp³-hybridized carbons (Fsp3) is 0.500. The average Bonchev–Trinajstić information content (AvgIpc) is 2.50.